The number of ether oxygens (including phenoxy) is 1. The molecule has 94 valence electrons. The van der Waals surface area contributed by atoms with Crippen molar-refractivity contribution < 1.29 is 4.74 Å². The summed E-state index contributed by atoms with van der Waals surface area (Å²) in [5.74, 6) is 1.13. The van der Waals surface area contributed by atoms with Gasteiger partial charge in [-0.05, 0) is 18.2 Å². The second-order valence-electron chi connectivity index (χ2n) is 3.56. The molecule has 4 nitrogen and oxygen atoms in total. The molecule has 0 fully saturated rings. The molecule has 0 radical (unpaired) electrons. The van der Waals surface area contributed by atoms with E-state index < -0.39 is 0 Å². The molecular weight excluding hydrogens is 275 g/mol. The van der Waals surface area contributed by atoms with Gasteiger partial charge in [0.2, 0.25) is 0 Å². The van der Waals surface area contributed by atoms with E-state index in [0.717, 1.165) is 0 Å². The van der Waals surface area contributed by atoms with Crippen molar-refractivity contribution in [3.63, 3.8) is 0 Å². The normalized spacial score (nSPS) is 10.4. The van der Waals surface area contributed by atoms with Crippen molar-refractivity contribution in [1.82, 2.24) is 9.97 Å². The van der Waals surface area contributed by atoms with E-state index in [1.807, 2.05) is 0 Å². The molecule has 0 atom stereocenters. The molecule has 0 aliphatic carbocycles. The molecule has 2 rings (SSSR count). The summed E-state index contributed by atoms with van der Waals surface area (Å²) in [6, 6.07) is 6.45. The van der Waals surface area contributed by atoms with E-state index >= 15 is 0 Å². The average molecular weight is 285 g/mol. The fraction of sp³-hybridized carbons (Fsp3) is 0.167. The number of methoxy groups -OCH3 is 1. The topological polar surface area (TPSA) is 55.0 Å². The molecule has 1 aromatic carbocycles. The first-order valence-electron chi connectivity index (χ1n) is 5.14. The van der Waals surface area contributed by atoms with Crippen LogP contribution in [0.3, 0.4) is 0 Å². The van der Waals surface area contributed by atoms with Gasteiger partial charge < -0.3 is 9.72 Å². The maximum atomic E-state index is 11.5. The summed E-state index contributed by atoms with van der Waals surface area (Å²) in [5.41, 5.74) is 0.851. The second-order valence-corrected chi connectivity index (χ2v) is 4.27. The molecule has 0 bridgehead atoms. The van der Waals surface area contributed by atoms with Crippen molar-refractivity contribution in [2.75, 3.05) is 7.11 Å². The monoisotopic (exact) mass is 284 g/mol. The van der Waals surface area contributed by atoms with Crippen LogP contribution in [0.5, 0.6) is 5.75 Å². The molecule has 1 heterocycles. The van der Waals surface area contributed by atoms with Gasteiger partial charge in [-0.3, -0.25) is 4.79 Å². The fourth-order valence-corrected chi connectivity index (χ4v) is 1.88. The molecule has 18 heavy (non-hydrogen) atoms. The number of H-pyrrole nitrogens is 1. The zero-order valence-corrected chi connectivity index (χ0v) is 11.0. The van der Waals surface area contributed by atoms with Crippen molar-refractivity contribution in [2.24, 2.45) is 0 Å². The lowest BCUT2D eigenvalue weighted by Crippen LogP contribution is -2.10. The number of rotatable bonds is 3. The summed E-state index contributed by atoms with van der Waals surface area (Å²) >= 11 is 11.6. The number of benzene rings is 1. The van der Waals surface area contributed by atoms with Crippen LogP contribution in [0.2, 0.25) is 5.02 Å². The predicted octanol–water partition coefficient (Wildman–Crippen LogP) is 2.84. The molecule has 0 saturated heterocycles. The minimum absolute atomic E-state index is 0.166. The van der Waals surface area contributed by atoms with Crippen LogP contribution >= 0.6 is 23.2 Å². The number of nitrogens with zero attached hydrogens (tertiary/aromatic N) is 1. The van der Waals surface area contributed by atoms with Gasteiger partial charge in [-0.25, -0.2) is 4.98 Å². The summed E-state index contributed by atoms with van der Waals surface area (Å²) in [5, 5.41) is 0.532. The number of aromatic nitrogens is 2. The highest BCUT2D eigenvalue weighted by Crippen LogP contribution is 2.29. The Kier molecular flexibility index (Phi) is 3.89. The van der Waals surface area contributed by atoms with Gasteiger partial charge in [0, 0.05) is 11.1 Å². The molecule has 1 N–H and O–H groups in total. The van der Waals surface area contributed by atoms with Crippen molar-refractivity contribution in [3.8, 4) is 17.1 Å². The van der Waals surface area contributed by atoms with Crippen LogP contribution < -0.4 is 10.3 Å². The molecular formula is C12H10Cl2N2O2. The zero-order valence-electron chi connectivity index (χ0n) is 9.54. The maximum absolute atomic E-state index is 11.5. The third-order valence-corrected chi connectivity index (χ3v) is 2.86. The maximum Gasteiger partial charge on any atom is 0.251 e. The summed E-state index contributed by atoms with van der Waals surface area (Å²) in [4.78, 5) is 18.4. The lowest BCUT2D eigenvalue weighted by atomic mass is 10.2. The molecule has 2 aromatic rings. The van der Waals surface area contributed by atoms with Crippen molar-refractivity contribution >= 4 is 23.2 Å². The van der Waals surface area contributed by atoms with Crippen molar-refractivity contribution in [1.29, 1.82) is 0 Å². The molecule has 6 heteroatoms. The highest BCUT2D eigenvalue weighted by Gasteiger charge is 2.10. The fourth-order valence-electron chi connectivity index (χ4n) is 1.57. The molecule has 0 spiro atoms. The minimum Gasteiger partial charge on any atom is -0.496 e. The lowest BCUT2D eigenvalue weighted by molar-refractivity contribution is 0.416. The third kappa shape index (κ3) is 2.66. The number of hydrogen-bond donors (Lipinski definition) is 1. The Morgan fingerprint density at radius 2 is 2.17 bits per heavy atom. The van der Waals surface area contributed by atoms with Crippen LogP contribution in [0, 0.1) is 0 Å². The van der Waals surface area contributed by atoms with E-state index in [1.165, 1.54) is 13.2 Å². The SMILES string of the molecule is COc1ccc(Cl)cc1-c1nc(CCl)cc(=O)[nH]1. The third-order valence-electron chi connectivity index (χ3n) is 2.35. The van der Waals surface area contributed by atoms with E-state index in [-0.39, 0.29) is 11.4 Å². The van der Waals surface area contributed by atoms with Gasteiger partial charge in [-0.15, -0.1) is 11.6 Å². The van der Waals surface area contributed by atoms with Gasteiger partial charge in [0.1, 0.15) is 11.6 Å². The van der Waals surface area contributed by atoms with Gasteiger partial charge in [-0.2, -0.15) is 0 Å². The molecule has 0 saturated carbocycles. The Hall–Kier alpha value is -1.52. The first kappa shape index (κ1) is 12.9. The Labute approximate surface area is 114 Å². The number of hydrogen-bond acceptors (Lipinski definition) is 3. The highest BCUT2D eigenvalue weighted by molar-refractivity contribution is 6.30. The largest absolute Gasteiger partial charge is 0.496 e. The summed E-state index contributed by atoms with van der Waals surface area (Å²) in [6.07, 6.45) is 0. The van der Waals surface area contributed by atoms with E-state index in [4.69, 9.17) is 27.9 Å². The number of nitrogens with one attached hydrogen (secondary N) is 1. The van der Waals surface area contributed by atoms with Crippen LogP contribution in [0.15, 0.2) is 29.1 Å². The predicted molar refractivity (Wildman–Crippen MR) is 71.4 cm³/mol. The first-order valence-corrected chi connectivity index (χ1v) is 6.05. The zero-order chi connectivity index (χ0) is 13.1. The van der Waals surface area contributed by atoms with Crippen LogP contribution in [-0.2, 0) is 5.88 Å². The first-order chi connectivity index (χ1) is 8.63. The average Bonchev–Trinajstić information content (AvgIpc) is 2.38. The van der Waals surface area contributed by atoms with Gasteiger partial charge in [0.25, 0.3) is 5.56 Å². The van der Waals surface area contributed by atoms with E-state index in [2.05, 4.69) is 9.97 Å². The number of halogens is 2. The van der Waals surface area contributed by atoms with Crippen molar-refractivity contribution in [3.05, 3.63) is 45.3 Å². The summed E-state index contributed by atoms with van der Waals surface area (Å²) < 4.78 is 5.21. The minimum atomic E-state index is -0.266. The number of aromatic amines is 1. The van der Waals surface area contributed by atoms with Crippen LogP contribution in [0.1, 0.15) is 5.69 Å². The molecule has 0 aliphatic heterocycles. The lowest BCUT2D eigenvalue weighted by Gasteiger charge is -2.08. The Bertz CT molecular complexity index is 626. The van der Waals surface area contributed by atoms with Crippen LogP contribution in [0.25, 0.3) is 11.4 Å². The summed E-state index contributed by atoms with van der Waals surface area (Å²) in [6.45, 7) is 0. The Morgan fingerprint density at radius 3 is 2.83 bits per heavy atom. The quantitative estimate of drug-likeness (QED) is 0.882. The highest BCUT2D eigenvalue weighted by atomic mass is 35.5. The van der Waals surface area contributed by atoms with Crippen molar-refractivity contribution in [2.45, 2.75) is 5.88 Å². The molecule has 0 unspecified atom stereocenters. The summed E-state index contributed by atoms with van der Waals surface area (Å²) in [7, 11) is 1.54. The van der Waals surface area contributed by atoms with Gasteiger partial charge in [0.05, 0.1) is 24.2 Å². The molecule has 0 aliphatic rings. The van der Waals surface area contributed by atoms with Gasteiger partial charge in [-0.1, -0.05) is 11.6 Å². The number of alkyl halides is 1. The molecule has 0 amide bonds. The Balaban J connectivity index is 2.64. The van der Waals surface area contributed by atoms with Gasteiger partial charge >= 0.3 is 0 Å². The van der Waals surface area contributed by atoms with E-state index in [0.29, 0.717) is 27.9 Å². The van der Waals surface area contributed by atoms with E-state index in [1.54, 1.807) is 18.2 Å². The van der Waals surface area contributed by atoms with Crippen LogP contribution in [0.4, 0.5) is 0 Å². The second kappa shape index (κ2) is 5.42. The Morgan fingerprint density at radius 1 is 1.39 bits per heavy atom. The smallest absolute Gasteiger partial charge is 0.251 e. The van der Waals surface area contributed by atoms with Gasteiger partial charge in [0.15, 0.2) is 0 Å². The standard InChI is InChI=1S/C12H10Cl2N2O2/c1-18-10-3-2-7(14)4-9(10)12-15-8(6-13)5-11(17)16-12/h2-5H,6H2,1H3,(H,15,16,17). The van der Waals surface area contributed by atoms with Crippen LogP contribution in [-0.4, -0.2) is 17.1 Å². The molecule has 1 aromatic heterocycles. The van der Waals surface area contributed by atoms with E-state index in [9.17, 15) is 4.79 Å².